The third kappa shape index (κ3) is 7.23. The first kappa shape index (κ1) is 28.3. The van der Waals surface area contributed by atoms with Crippen LogP contribution in [0.1, 0.15) is 56.2 Å². The number of nitrogens with one attached hydrogen (secondary N) is 1. The molecule has 1 saturated heterocycles. The van der Waals surface area contributed by atoms with Crippen LogP contribution in [0.2, 0.25) is 0 Å². The summed E-state index contributed by atoms with van der Waals surface area (Å²) in [6, 6.07) is 12.7. The van der Waals surface area contributed by atoms with Crippen molar-refractivity contribution in [1.29, 1.82) is 0 Å². The van der Waals surface area contributed by atoms with E-state index in [4.69, 9.17) is 4.74 Å². The number of piperidine rings is 1. The second-order valence-electron chi connectivity index (χ2n) is 10.4. The lowest BCUT2D eigenvalue weighted by atomic mass is 9.90. The highest BCUT2D eigenvalue weighted by Crippen LogP contribution is 2.30. The minimum Gasteiger partial charge on any atom is -0.450 e. The topological polar surface area (TPSA) is 71.5 Å². The molecule has 0 radical (unpaired) electrons. The number of likely N-dealkylation sites (tertiary alicyclic amines) is 1. The first-order chi connectivity index (χ1) is 18.5. The number of halogens is 3. The van der Waals surface area contributed by atoms with E-state index >= 15 is 0 Å². The number of amides is 1. The second kappa shape index (κ2) is 12.0. The van der Waals surface area contributed by atoms with Crippen molar-refractivity contribution in [2.45, 2.75) is 58.2 Å². The molecule has 206 valence electrons. The Hall–Kier alpha value is -3.72. The van der Waals surface area contributed by atoms with E-state index in [9.17, 15) is 22.8 Å². The van der Waals surface area contributed by atoms with Gasteiger partial charge in [0.15, 0.2) is 17.2 Å². The fourth-order valence-electron chi connectivity index (χ4n) is 4.91. The van der Waals surface area contributed by atoms with Gasteiger partial charge in [0.25, 0.3) is 5.91 Å². The van der Waals surface area contributed by atoms with Gasteiger partial charge in [0.05, 0.1) is 0 Å². The van der Waals surface area contributed by atoms with Crippen molar-refractivity contribution in [2.75, 3.05) is 13.1 Å². The molecule has 0 saturated carbocycles. The Morgan fingerprint density at radius 2 is 1.77 bits per heavy atom. The Kier molecular flexibility index (Phi) is 8.70. The van der Waals surface area contributed by atoms with Crippen molar-refractivity contribution in [2.24, 2.45) is 0 Å². The molecule has 0 aliphatic carbocycles. The summed E-state index contributed by atoms with van der Waals surface area (Å²) >= 11 is 0. The standard InChI is InChI=1S/C30H32F3N3O3/c1-19(37)39-30(2,3)29(38)35-17-24-5-4-20(14-25(24)22-6-8-26(31)27(32)15-22)18-36-12-10-21(11-13-36)23-7-9-28(33)34-16-23/h4-9,14-16,21H,10-13,17-18H2,1-3H3,(H,35,38). The molecule has 2 heterocycles. The zero-order chi connectivity index (χ0) is 28.2. The van der Waals surface area contributed by atoms with E-state index in [1.807, 2.05) is 18.2 Å². The lowest BCUT2D eigenvalue weighted by Crippen LogP contribution is -2.44. The van der Waals surface area contributed by atoms with Crippen LogP contribution < -0.4 is 5.32 Å². The first-order valence-electron chi connectivity index (χ1n) is 12.9. The van der Waals surface area contributed by atoms with Crippen molar-refractivity contribution in [1.82, 2.24) is 15.2 Å². The van der Waals surface area contributed by atoms with Gasteiger partial charge in [0, 0.05) is 26.2 Å². The molecule has 6 nitrogen and oxygen atoms in total. The quantitative estimate of drug-likeness (QED) is 0.302. The van der Waals surface area contributed by atoms with Crippen LogP contribution in [0, 0.1) is 17.6 Å². The van der Waals surface area contributed by atoms with Gasteiger partial charge in [-0.3, -0.25) is 14.5 Å². The van der Waals surface area contributed by atoms with Gasteiger partial charge >= 0.3 is 5.97 Å². The highest BCUT2D eigenvalue weighted by atomic mass is 19.2. The molecule has 0 spiro atoms. The third-order valence-electron chi connectivity index (χ3n) is 7.01. The largest absolute Gasteiger partial charge is 0.450 e. The van der Waals surface area contributed by atoms with E-state index in [1.54, 1.807) is 12.3 Å². The summed E-state index contributed by atoms with van der Waals surface area (Å²) in [5.74, 6) is -3.09. The number of rotatable bonds is 8. The Bertz CT molecular complexity index is 1340. The van der Waals surface area contributed by atoms with Crippen LogP contribution in [-0.4, -0.2) is 40.5 Å². The van der Waals surface area contributed by atoms with Gasteiger partial charge in [0.1, 0.15) is 0 Å². The zero-order valence-corrected chi connectivity index (χ0v) is 22.3. The van der Waals surface area contributed by atoms with Gasteiger partial charge in [-0.1, -0.05) is 24.3 Å². The van der Waals surface area contributed by atoms with Gasteiger partial charge in [0.2, 0.25) is 5.95 Å². The number of hydrogen-bond acceptors (Lipinski definition) is 5. The number of pyridine rings is 1. The smallest absolute Gasteiger partial charge is 0.303 e. The summed E-state index contributed by atoms with van der Waals surface area (Å²) in [7, 11) is 0. The molecular weight excluding hydrogens is 507 g/mol. The van der Waals surface area contributed by atoms with Gasteiger partial charge in [-0.25, -0.2) is 13.8 Å². The molecule has 1 fully saturated rings. The van der Waals surface area contributed by atoms with E-state index < -0.39 is 35.1 Å². The number of ether oxygens (including phenoxy) is 1. The van der Waals surface area contributed by atoms with Crippen LogP contribution in [0.5, 0.6) is 0 Å². The highest BCUT2D eigenvalue weighted by molar-refractivity contribution is 5.86. The number of hydrogen-bond donors (Lipinski definition) is 1. The molecule has 1 amide bonds. The predicted molar refractivity (Wildman–Crippen MR) is 141 cm³/mol. The fourth-order valence-corrected chi connectivity index (χ4v) is 4.91. The Balaban J connectivity index is 1.50. The first-order valence-corrected chi connectivity index (χ1v) is 12.9. The molecular formula is C30H32F3N3O3. The molecule has 39 heavy (non-hydrogen) atoms. The zero-order valence-electron chi connectivity index (χ0n) is 22.3. The Morgan fingerprint density at radius 1 is 1.03 bits per heavy atom. The van der Waals surface area contributed by atoms with E-state index in [0.29, 0.717) is 29.2 Å². The molecule has 1 aliphatic rings. The lowest BCUT2D eigenvalue weighted by molar-refractivity contribution is -0.163. The van der Waals surface area contributed by atoms with Crippen molar-refractivity contribution in [3.05, 3.63) is 89.0 Å². The number of nitrogens with zero attached hydrogens (tertiary/aromatic N) is 2. The molecule has 9 heteroatoms. The summed E-state index contributed by atoms with van der Waals surface area (Å²) < 4.78 is 46.1. The van der Waals surface area contributed by atoms with Gasteiger partial charge in [-0.05, 0) is 97.8 Å². The normalized spacial score (nSPS) is 14.7. The monoisotopic (exact) mass is 539 g/mol. The van der Waals surface area contributed by atoms with Crippen LogP contribution >= 0.6 is 0 Å². The van der Waals surface area contributed by atoms with Crippen LogP contribution in [0.15, 0.2) is 54.7 Å². The molecule has 0 unspecified atom stereocenters. The maximum Gasteiger partial charge on any atom is 0.303 e. The number of benzene rings is 2. The Labute approximate surface area is 226 Å². The summed E-state index contributed by atoms with van der Waals surface area (Å²) in [6.45, 7) is 6.71. The SMILES string of the molecule is CC(=O)OC(C)(C)C(=O)NCc1ccc(CN2CCC(c3ccc(F)nc3)CC2)cc1-c1ccc(F)c(F)c1. The third-order valence-corrected chi connectivity index (χ3v) is 7.01. The van der Waals surface area contributed by atoms with Crippen molar-refractivity contribution in [3.8, 4) is 11.1 Å². The molecule has 0 atom stereocenters. The van der Waals surface area contributed by atoms with E-state index in [0.717, 1.165) is 49.2 Å². The maximum absolute atomic E-state index is 14.1. The average Bonchev–Trinajstić information content (AvgIpc) is 2.89. The van der Waals surface area contributed by atoms with Crippen molar-refractivity contribution < 1.29 is 27.5 Å². The second-order valence-corrected chi connectivity index (χ2v) is 10.4. The fraction of sp³-hybridized carbons (Fsp3) is 0.367. The molecule has 1 aromatic heterocycles. The van der Waals surface area contributed by atoms with Crippen molar-refractivity contribution in [3.63, 3.8) is 0 Å². The summed E-state index contributed by atoms with van der Waals surface area (Å²) in [6.07, 6.45) is 3.45. The molecule has 3 aromatic rings. The summed E-state index contributed by atoms with van der Waals surface area (Å²) in [4.78, 5) is 30.1. The average molecular weight is 540 g/mol. The molecule has 0 bridgehead atoms. The predicted octanol–water partition coefficient (Wildman–Crippen LogP) is 5.50. The number of aromatic nitrogens is 1. The van der Waals surface area contributed by atoms with Gasteiger partial charge in [-0.15, -0.1) is 0 Å². The number of carbonyl (C=O) groups excluding carboxylic acids is 2. The Morgan fingerprint density at radius 3 is 2.41 bits per heavy atom. The molecule has 1 aliphatic heterocycles. The van der Waals surface area contributed by atoms with E-state index in [2.05, 4.69) is 15.2 Å². The molecule has 2 aromatic carbocycles. The lowest BCUT2D eigenvalue weighted by Gasteiger charge is -2.32. The van der Waals surface area contributed by atoms with Crippen LogP contribution in [-0.2, 0) is 27.4 Å². The van der Waals surface area contributed by atoms with E-state index in [-0.39, 0.29) is 6.54 Å². The van der Waals surface area contributed by atoms with Crippen molar-refractivity contribution >= 4 is 11.9 Å². The summed E-state index contributed by atoms with van der Waals surface area (Å²) in [5.41, 5.74) is 2.54. The number of esters is 1. The van der Waals surface area contributed by atoms with Crippen LogP contribution in [0.3, 0.4) is 0 Å². The van der Waals surface area contributed by atoms with Crippen LogP contribution in [0.25, 0.3) is 11.1 Å². The number of carbonyl (C=O) groups is 2. The molecule has 4 rings (SSSR count). The van der Waals surface area contributed by atoms with Gasteiger partial charge in [-0.2, -0.15) is 4.39 Å². The maximum atomic E-state index is 14.1. The van der Waals surface area contributed by atoms with E-state index in [1.165, 1.54) is 32.9 Å². The minimum atomic E-state index is -1.36. The summed E-state index contributed by atoms with van der Waals surface area (Å²) in [5, 5.41) is 2.78. The van der Waals surface area contributed by atoms with Crippen LogP contribution in [0.4, 0.5) is 13.2 Å². The highest BCUT2D eigenvalue weighted by Gasteiger charge is 2.31. The molecule has 1 N–H and O–H groups in total. The minimum absolute atomic E-state index is 0.106. The van der Waals surface area contributed by atoms with Gasteiger partial charge < -0.3 is 10.1 Å².